The third-order valence-electron chi connectivity index (χ3n) is 7.79. The van der Waals surface area contributed by atoms with E-state index < -0.39 is 46.8 Å². The van der Waals surface area contributed by atoms with E-state index in [0.717, 1.165) is 42.4 Å². The van der Waals surface area contributed by atoms with Crippen molar-refractivity contribution in [3.05, 3.63) is 64.4 Å². The molecule has 1 amide bonds. The Kier molecular flexibility index (Phi) is 9.46. The van der Waals surface area contributed by atoms with Gasteiger partial charge < -0.3 is 14.7 Å². The van der Waals surface area contributed by atoms with E-state index >= 15 is 4.39 Å². The van der Waals surface area contributed by atoms with E-state index in [1.807, 2.05) is 19.9 Å². The van der Waals surface area contributed by atoms with Crippen LogP contribution < -0.4 is 9.64 Å². The second kappa shape index (κ2) is 12.7. The Morgan fingerprint density at radius 2 is 1.79 bits per heavy atom. The highest BCUT2D eigenvalue weighted by atomic mass is 19.4. The minimum Gasteiger partial charge on any atom is -0.478 e. The number of carboxylic acids is 1. The maximum Gasteiger partial charge on any atom is 0.421 e. The lowest BCUT2D eigenvalue weighted by Crippen LogP contribution is -2.43. The summed E-state index contributed by atoms with van der Waals surface area (Å²) in [6, 6.07) is 3.86. The lowest BCUT2D eigenvalue weighted by atomic mass is 9.82. The first-order valence-corrected chi connectivity index (χ1v) is 14.3. The zero-order chi connectivity index (χ0) is 31.6. The molecular weight excluding hydrogens is 568 g/mol. The predicted octanol–water partition coefficient (Wildman–Crippen LogP) is 7.35. The zero-order valence-corrected chi connectivity index (χ0v) is 24.8. The normalized spacial score (nSPS) is 17.3. The van der Waals surface area contributed by atoms with E-state index in [9.17, 15) is 27.9 Å². The number of rotatable bonds is 9. The Hall–Kier alpha value is -3.96. The van der Waals surface area contributed by atoms with Crippen molar-refractivity contribution in [2.75, 3.05) is 4.90 Å². The number of alkyl halides is 3. The second-order valence-corrected chi connectivity index (χ2v) is 11.6. The van der Waals surface area contributed by atoms with Gasteiger partial charge in [-0.15, -0.1) is 0 Å². The summed E-state index contributed by atoms with van der Waals surface area (Å²) in [6.45, 7) is 9.46. The number of hydrogen-bond donors (Lipinski definition) is 1. The van der Waals surface area contributed by atoms with Gasteiger partial charge in [0.05, 0.1) is 16.9 Å². The molecule has 12 heteroatoms. The van der Waals surface area contributed by atoms with Gasteiger partial charge in [0.15, 0.2) is 11.6 Å². The lowest BCUT2D eigenvalue weighted by molar-refractivity contribution is -0.139. The van der Waals surface area contributed by atoms with Gasteiger partial charge in [0.2, 0.25) is 11.8 Å². The molecule has 1 fully saturated rings. The molecule has 0 atom stereocenters. The van der Waals surface area contributed by atoms with Crippen LogP contribution in [0.25, 0.3) is 0 Å². The molecule has 43 heavy (non-hydrogen) atoms. The Morgan fingerprint density at radius 1 is 1.12 bits per heavy atom. The van der Waals surface area contributed by atoms with Crippen molar-refractivity contribution < 1.29 is 37.0 Å². The van der Waals surface area contributed by atoms with E-state index in [-0.39, 0.29) is 29.5 Å². The van der Waals surface area contributed by atoms with E-state index in [2.05, 4.69) is 17.0 Å². The number of pyridine rings is 1. The van der Waals surface area contributed by atoms with Gasteiger partial charge in [-0.1, -0.05) is 6.92 Å². The first kappa shape index (κ1) is 32.0. The molecule has 232 valence electrons. The van der Waals surface area contributed by atoms with Crippen LogP contribution in [0.3, 0.4) is 0 Å². The molecule has 1 N–H and O–H groups in total. The summed E-state index contributed by atoms with van der Waals surface area (Å²) in [6.07, 6.45) is -0.512. The van der Waals surface area contributed by atoms with Crippen LogP contribution in [0.2, 0.25) is 0 Å². The van der Waals surface area contributed by atoms with Crippen LogP contribution in [0, 0.1) is 31.5 Å². The number of hydrogen-bond acceptors (Lipinski definition) is 5. The van der Waals surface area contributed by atoms with E-state index in [4.69, 9.17) is 4.74 Å². The van der Waals surface area contributed by atoms with Gasteiger partial charge in [-0.3, -0.25) is 9.48 Å². The lowest BCUT2D eigenvalue weighted by Gasteiger charge is -2.34. The fraction of sp³-hybridized carbons (Fsp3) is 0.484. The first-order valence-electron chi connectivity index (χ1n) is 14.3. The van der Waals surface area contributed by atoms with Gasteiger partial charge in [-0.2, -0.15) is 18.3 Å². The molecule has 8 nitrogen and oxygen atoms in total. The Balaban J connectivity index is 1.65. The number of aryl methyl sites for hydroxylation is 4. The molecule has 0 radical (unpaired) electrons. The van der Waals surface area contributed by atoms with E-state index in [1.165, 1.54) is 11.1 Å². The maximum atomic E-state index is 15.4. The smallest absolute Gasteiger partial charge is 0.421 e. The first-order chi connectivity index (χ1) is 20.1. The molecular formula is C31H36F4N4O4. The highest BCUT2D eigenvalue weighted by Gasteiger charge is 2.37. The topological polar surface area (TPSA) is 97.5 Å². The van der Waals surface area contributed by atoms with Crippen molar-refractivity contribution in [3.63, 3.8) is 0 Å². The van der Waals surface area contributed by atoms with Crippen molar-refractivity contribution >= 4 is 17.6 Å². The Labute approximate surface area is 247 Å². The number of aromatic carboxylic acids is 1. The SMILES string of the molecule is Cc1cc(C)n(CCc2cnc(Oc3cc(C(=O)O)c(N(C(=O)C4CCC(C)CC4)C(C)C)cc3F)c(C(F)(F)F)c2)n1. The molecule has 0 spiro atoms. The summed E-state index contributed by atoms with van der Waals surface area (Å²) in [5.74, 6) is -4.45. The van der Waals surface area contributed by atoms with Crippen LogP contribution in [0.4, 0.5) is 23.2 Å². The third-order valence-corrected chi connectivity index (χ3v) is 7.79. The molecule has 0 bridgehead atoms. The molecule has 0 unspecified atom stereocenters. The van der Waals surface area contributed by atoms with Crippen LogP contribution in [-0.4, -0.2) is 37.8 Å². The van der Waals surface area contributed by atoms with Crippen LogP contribution in [0.15, 0.2) is 30.5 Å². The van der Waals surface area contributed by atoms with Crippen LogP contribution in [0.5, 0.6) is 11.6 Å². The number of aromatic nitrogens is 3. The summed E-state index contributed by atoms with van der Waals surface area (Å²) in [7, 11) is 0. The average molecular weight is 605 g/mol. The molecule has 1 aromatic carbocycles. The number of nitrogens with zero attached hydrogens (tertiary/aromatic N) is 4. The molecule has 3 aromatic rings. The molecule has 2 heterocycles. The number of ether oxygens (including phenoxy) is 1. The van der Waals surface area contributed by atoms with Crippen LogP contribution in [-0.2, 0) is 23.9 Å². The van der Waals surface area contributed by atoms with Gasteiger partial charge in [0.25, 0.3) is 0 Å². The summed E-state index contributed by atoms with van der Waals surface area (Å²) in [5, 5.41) is 14.3. The zero-order valence-electron chi connectivity index (χ0n) is 24.8. The predicted molar refractivity (Wildman–Crippen MR) is 152 cm³/mol. The summed E-state index contributed by atoms with van der Waals surface area (Å²) < 4.78 is 64.6. The van der Waals surface area contributed by atoms with Gasteiger partial charge in [0, 0.05) is 42.5 Å². The number of carbonyl (C=O) groups is 2. The quantitative estimate of drug-likeness (QED) is 0.257. The van der Waals surface area contributed by atoms with E-state index in [0.29, 0.717) is 25.3 Å². The van der Waals surface area contributed by atoms with Crippen LogP contribution >= 0.6 is 0 Å². The fourth-order valence-corrected chi connectivity index (χ4v) is 5.50. The van der Waals surface area contributed by atoms with Crippen molar-refractivity contribution in [1.29, 1.82) is 0 Å². The highest BCUT2D eigenvalue weighted by Crippen LogP contribution is 2.40. The summed E-state index contributed by atoms with van der Waals surface area (Å²) >= 11 is 0. The minimum atomic E-state index is -4.89. The number of amides is 1. The van der Waals surface area contributed by atoms with Crippen molar-refractivity contribution in [2.24, 2.45) is 11.8 Å². The second-order valence-electron chi connectivity index (χ2n) is 11.6. The molecule has 1 saturated carbocycles. The van der Waals surface area contributed by atoms with Gasteiger partial charge in [0.1, 0.15) is 5.56 Å². The monoisotopic (exact) mass is 604 g/mol. The number of anilines is 1. The van der Waals surface area contributed by atoms with Gasteiger partial charge >= 0.3 is 12.1 Å². The van der Waals surface area contributed by atoms with Crippen molar-refractivity contribution in [1.82, 2.24) is 14.8 Å². The summed E-state index contributed by atoms with van der Waals surface area (Å²) in [4.78, 5) is 30.9. The van der Waals surface area contributed by atoms with Crippen LogP contribution in [0.1, 0.15) is 79.3 Å². The molecule has 1 aliphatic rings. The number of benzene rings is 1. The summed E-state index contributed by atoms with van der Waals surface area (Å²) in [5.41, 5.74) is 0.0215. The van der Waals surface area contributed by atoms with Gasteiger partial charge in [-0.05, 0) is 83.4 Å². The molecule has 4 rings (SSSR count). The Morgan fingerprint density at radius 3 is 2.35 bits per heavy atom. The Bertz CT molecular complexity index is 1490. The van der Waals surface area contributed by atoms with Crippen molar-refractivity contribution in [2.45, 2.75) is 85.5 Å². The minimum absolute atomic E-state index is 0.181. The molecule has 2 aromatic heterocycles. The number of halogens is 4. The number of carboxylic acid groups (broad SMARTS) is 1. The average Bonchev–Trinajstić information content (AvgIpc) is 3.25. The number of carbonyl (C=O) groups excluding carboxylic acids is 1. The third kappa shape index (κ3) is 7.34. The molecule has 1 aliphatic carbocycles. The van der Waals surface area contributed by atoms with Gasteiger partial charge in [-0.25, -0.2) is 14.2 Å². The largest absolute Gasteiger partial charge is 0.478 e. The fourth-order valence-electron chi connectivity index (χ4n) is 5.50. The standard InChI is InChI=1S/C31H36F4N4O4/c1-17(2)39(29(40)22-8-6-18(3)7-9-22)26-15-25(32)27(14-23(26)30(41)42)43-28-24(31(33,34)35)13-21(16-36-28)10-11-38-20(5)12-19(4)37-38/h12-18,22H,6-11H2,1-5H3,(H,41,42). The molecule has 0 aliphatic heterocycles. The van der Waals surface area contributed by atoms with E-state index in [1.54, 1.807) is 18.5 Å². The maximum absolute atomic E-state index is 15.4. The van der Waals surface area contributed by atoms with Crippen molar-refractivity contribution in [3.8, 4) is 11.6 Å². The highest BCUT2D eigenvalue weighted by molar-refractivity contribution is 6.03. The molecule has 0 saturated heterocycles.